The third-order valence-corrected chi connectivity index (χ3v) is 3.70. The van der Waals surface area contributed by atoms with E-state index < -0.39 is 12.3 Å². The summed E-state index contributed by atoms with van der Waals surface area (Å²) in [5.41, 5.74) is 0.924. The van der Waals surface area contributed by atoms with Gasteiger partial charge in [0.05, 0.1) is 5.56 Å². The Hall–Kier alpha value is -3.75. The van der Waals surface area contributed by atoms with E-state index in [2.05, 4.69) is 15.0 Å². The van der Waals surface area contributed by atoms with E-state index in [1.807, 2.05) is 0 Å². The maximum Gasteiger partial charge on any atom is 0.573 e. The summed E-state index contributed by atoms with van der Waals surface area (Å²) in [6, 6.07) is 12.4. The number of hydrogen-bond acceptors (Lipinski definition) is 4. The number of alkyl halides is 3. The van der Waals surface area contributed by atoms with E-state index in [1.165, 1.54) is 30.5 Å². The summed E-state index contributed by atoms with van der Waals surface area (Å²) in [5.74, 6) is -0.483. The normalized spacial score (nSPS) is 11.0. The van der Waals surface area contributed by atoms with E-state index in [-0.39, 0.29) is 28.4 Å². The number of benzene rings is 2. The van der Waals surface area contributed by atoms with Crippen LogP contribution in [-0.4, -0.2) is 17.3 Å². The average molecular weight is 404 g/mol. The maximum absolute atomic E-state index is 12.7. The summed E-state index contributed by atoms with van der Waals surface area (Å²) in [6.07, 6.45) is -3.39. The zero-order chi connectivity index (χ0) is 21.0. The zero-order valence-corrected chi connectivity index (χ0v) is 15.0. The Labute approximate surface area is 162 Å². The molecular formula is C20H15F3N2O4. The van der Waals surface area contributed by atoms with Crippen LogP contribution in [0.3, 0.4) is 0 Å². The van der Waals surface area contributed by atoms with Crippen molar-refractivity contribution in [1.82, 2.24) is 4.98 Å². The number of anilines is 1. The summed E-state index contributed by atoms with van der Waals surface area (Å²) < 4.78 is 46.2. The van der Waals surface area contributed by atoms with Crippen LogP contribution in [0.4, 0.5) is 18.9 Å². The number of nitrogens with one attached hydrogen (secondary N) is 2. The Morgan fingerprint density at radius 3 is 2.34 bits per heavy atom. The number of halogens is 3. The molecular weight excluding hydrogens is 389 g/mol. The van der Waals surface area contributed by atoms with Crippen molar-refractivity contribution in [3.8, 4) is 17.2 Å². The number of hydrogen-bond donors (Lipinski definition) is 2. The van der Waals surface area contributed by atoms with Crippen molar-refractivity contribution in [3.63, 3.8) is 0 Å². The summed E-state index contributed by atoms with van der Waals surface area (Å²) in [6.45, 7) is 1.79. The molecule has 2 N–H and O–H groups in total. The van der Waals surface area contributed by atoms with Crippen LogP contribution < -0.4 is 20.3 Å². The van der Waals surface area contributed by atoms with E-state index in [0.29, 0.717) is 5.69 Å². The Bertz CT molecular complexity index is 1080. The molecule has 0 saturated carbocycles. The SMILES string of the molecule is Cc1ccc(Oc2ccc(OC(F)(F)F)cc2)c(C(=O)Nc2cc[nH]c(=O)c2)c1. The van der Waals surface area contributed by atoms with Gasteiger partial charge in [-0.15, -0.1) is 13.2 Å². The van der Waals surface area contributed by atoms with Crippen molar-refractivity contribution in [3.05, 3.63) is 82.3 Å². The Morgan fingerprint density at radius 1 is 1.00 bits per heavy atom. The van der Waals surface area contributed by atoms with Gasteiger partial charge in [0.25, 0.3) is 5.91 Å². The van der Waals surface area contributed by atoms with Gasteiger partial charge in [-0.2, -0.15) is 0 Å². The molecule has 9 heteroatoms. The summed E-state index contributed by atoms with van der Waals surface area (Å²) in [5, 5.41) is 2.60. The predicted molar refractivity (Wildman–Crippen MR) is 99.4 cm³/mol. The van der Waals surface area contributed by atoms with E-state index in [1.54, 1.807) is 25.1 Å². The van der Waals surface area contributed by atoms with Gasteiger partial charge in [-0.1, -0.05) is 11.6 Å². The van der Waals surface area contributed by atoms with Crippen LogP contribution in [0.25, 0.3) is 0 Å². The van der Waals surface area contributed by atoms with E-state index >= 15 is 0 Å². The van der Waals surface area contributed by atoms with Crippen LogP contribution in [0.5, 0.6) is 17.2 Å². The molecule has 3 rings (SSSR count). The van der Waals surface area contributed by atoms with Crippen LogP contribution in [-0.2, 0) is 0 Å². The predicted octanol–water partition coefficient (Wildman–Crippen LogP) is 4.63. The molecule has 0 aliphatic heterocycles. The number of carbonyl (C=O) groups excluding carboxylic acids is 1. The zero-order valence-electron chi connectivity index (χ0n) is 15.0. The average Bonchev–Trinajstić information content (AvgIpc) is 2.63. The minimum absolute atomic E-state index is 0.195. The molecule has 0 saturated heterocycles. The molecule has 1 aromatic heterocycles. The van der Waals surface area contributed by atoms with Crippen LogP contribution in [0.1, 0.15) is 15.9 Å². The lowest BCUT2D eigenvalue weighted by molar-refractivity contribution is -0.274. The Balaban J connectivity index is 1.81. The van der Waals surface area contributed by atoms with Crippen LogP contribution >= 0.6 is 0 Å². The summed E-state index contributed by atoms with van der Waals surface area (Å²) in [7, 11) is 0. The molecule has 1 amide bonds. The third kappa shape index (κ3) is 5.61. The van der Waals surface area contributed by atoms with Gasteiger partial charge in [-0.3, -0.25) is 9.59 Å². The van der Waals surface area contributed by atoms with Gasteiger partial charge in [-0.25, -0.2) is 0 Å². The van der Waals surface area contributed by atoms with Gasteiger partial charge in [0, 0.05) is 18.0 Å². The highest BCUT2D eigenvalue weighted by Gasteiger charge is 2.31. The first-order chi connectivity index (χ1) is 13.7. The molecule has 0 aliphatic carbocycles. The first-order valence-electron chi connectivity index (χ1n) is 8.34. The fourth-order valence-electron chi connectivity index (χ4n) is 2.47. The molecule has 1 heterocycles. The highest BCUT2D eigenvalue weighted by Crippen LogP contribution is 2.30. The number of pyridine rings is 1. The van der Waals surface area contributed by atoms with Crippen molar-refractivity contribution in [1.29, 1.82) is 0 Å². The molecule has 6 nitrogen and oxygen atoms in total. The molecule has 150 valence electrons. The van der Waals surface area contributed by atoms with Crippen LogP contribution in [0, 0.1) is 6.92 Å². The minimum Gasteiger partial charge on any atom is -0.457 e. The molecule has 0 radical (unpaired) electrons. The summed E-state index contributed by atoms with van der Waals surface area (Å²) >= 11 is 0. The van der Waals surface area contributed by atoms with Crippen molar-refractivity contribution in [2.75, 3.05) is 5.32 Å². The number of aromatic nitrogens is 1. The smallest absolute Gasteiger partial charge is 0.457 e. The standard InChI is InChI=1S/C20H15F3N2O4/c1-12-2-7-17(28-14-3-5-15(6-4-14)29-20(21,22)23)16(10-12)19(27)25-13-8-9-24-18(26)11-13/h2-11H,1H3,(H2,24,25,26,27). The van der Waals surface area contributed by atoms with Gasteiger partial charge in [0.2, 0.25) is 5.56 Å². The van der Waals surface area contributed by atoms with Gasteiger partial charge in [0.1, 0.15) is 17.2 Å². The van der Waals surface area contributed by atoms with Gasteiger partial charge in [-0.05, 0) is 49.4 Å². The van der Waals surface area contributed by atoms with Crippen molar-refractivity contribution in [2.24, 2.45) is 0 Å². The Morgan fingerprint density at radius 2 is 1.69 bits per heavy atom. The topological polar surface area (TPSA) is 80.4 Å². The lowest BCUT2D eigenvalue weighted by Gasteiger charge is -2.13. The molecule has 0 fully saturated rings. The summed E-state index contributed by atoms with van der Waals surface area (Å²) in [4.78, 5) is 26.5. The monoisotopic (exact) mass is 404 g/mol. The van der Waals surface area contributed by atoms with Crippen LogP contribution in [0.15, 0.2) is 65.6 Å². The number of rotatable bonds is 5. The van der Waals surface area contributed by atoms with E-state index in [0.717, 1.165) is 17.7 Å². The second-order valence-corrected chi connectivity index (χ2v) is 6.02. The number of ether oxygens (including phenoxy) is 2. The fourth-order valence-corrected chi connectivity index (χ4v) is 2.47. The highest BCUT2D eigenvalue weighted by molar-refractivity contribution is 6.06. The maximum atomic E-state index is 12.7. The first-order valence-corrected chi connectivity index (χ1v) is 8.34. The molecule has 0 unspecified atom stereocenters. The quantitative estimate of drug-likeness (QED) is 0.650. The lowest BCUT2D eigenvalue weighted by Crippen LogP contribution is -2.17. The van der Waals surface area contributed by atoms with E-state index in [4.69, 9.17) is 4.74 Å². The highest BCUT2D eigenvalue weighted by atomic mass is 19.4. The van der Waals surface area contributed by atoms with Gasteiger partial charge < -0.3 is 19.8 Å². The molecule has 2 aromatic carbocycles. The number of aromatic amines is 1. The lowest BCUT2D eigenvalue weighted by atomic mass is 10.1. The molecule has 0 spiro atoms. The number of H-pyrrole nitrogens is 1. The van der Waals surface area contributed by atoms with Gasteiger partial charge in [0.15, 0.2) is 0 Å². The van der Waals surface area contributed by atoms with Gasteiger partial charge >= 0.3 is 6.36 Å². The second kappa shape index (κ2) is 8.09. The molecule has 3 aromatic rings. The fraction of sp³-hybridized carbons (Fsp3) is 0.100. The van der Waals surface area contributed by atoms with Crippen LogP contribution in [0.2, 0.25) is 0 Å². The molecule has 29 heavy (non-hydrogen) atoms. The van der Waals surface area contributed by atoms with Crippen molar-refractivity contribution in [2.45, 2.75) is 13.3 Å². The van der Waals surface area contributed by atoms with Crippen molar-refractivity contribution < 1.29 is 27.4 Å². The van der Waals surface area contributed by atoms with Crippen molar-refractivity contribution >= 4 is 11.6 Å². The molecule has 0 atom stereocenters. The first kappa shape index (κ1) is 20.0. The number of amides is 1. The third-order valence-electron chi connectivity index (χ3n) is 3.70. The largest absolute Gasteiger partial charge is 0.573 e. The van der Waals surface area contributed by atoms with E-state index in [9.17, 15) is 22.8 Å². The number of carbonyl (C=O) groups is 1. The Kier molecular flexibility index (Phi) is 5.58. The molecule has 0 bridgehead atoms. The molecule has 0 aliphatic rings. The minimum atomic E-state index is -4.79. The second-order valence-electron chi connectivity index (χ2n) is 6.02. The number of aryl methyl sites for hydroxylation is 1.